The highest BCUT2D eigenvalue weighted by molar-refractivity contribution is 7.89. The van der Waals surface area contributed by atoms with Gasteiger partial charge in [-0.2, -0.15) is 11.3 Å². The SMILES string of the molecule is COC(CNS(=O)(=O)c1ccc(C)c(C)c1)c1ccsc1. The Balaban J connectivity index is 2.12. The Morgan fingerprint density at radius 1 is 1.24 bits per heavy atom. The molecule has 0 saturated heterocycles. The summed E-state index contributed by atoms with van der Waals surface area (Å²) in [6.07, 6.45) is -0.280. The van der Waals surface area contributed by atoms with E-state index in [4.69, 9.17) is 4.74 Å². The lowest BCUT2D eigenvalue weighted by molar-refractivity contribution is 0.107. The lowest BCUT2D eigenvalue weighted by Gasteiger charge is -2.15. The Kier molecular flexibility index (Phi) is 5.16. The first kappa shape index (κ1) is 16.2. The fourth-order valence-corrected chi connectivity index (χ4v) is 3.76. The van der Waals surface area contributed by atoms with E-state index in [1.807, 2.05) is 36.7 Å². The van der Waals surface area contributed by atoms with Crippen LogP contribution in [0.15, 0.2) is 39.9 Å². The number of ether oxygens (including phenoxy) is 1. The predicted octanol–water partition coefficient (Wildman–Crippen LogP) is 3.03. The molecular weight excluding hydrogens is 306 g/mol. The number of benzene rings is 1. The van der Waals surface area contributed by atoms with E-state index in [0.29, 0.717) is 0 Å². The van der Waals surface area contributed by atoms with Crippen LogP contribution in [0.3, 0.4) is 0 Å². The number of hydrogen-bond acceptors (Lipinski definition) is 4. The molecule has 4 nitrogen and oxygen atoms in total. The molecule has 1 aromatic carbocycles. The van der Waals surface area contributed by atoms with E-state index in [9.17, 15) is 8.42 Å². The number of methoxy groups -OCH3 is 1. The molecule has 0 amide bonds. The molecule has 0 aliphatic carbocycles. The average molecular weight is 325 g/mol. The summed E-state index contributed by atoms with van der Waals surface area (Å²) >= 11 is 1.56. The van der Waals surface area contributed by atoms with Crippen molar-refractivity contribution >= 4 is 21.4 Å². The lowest BCUT2D eigenvalue weighted by atomic mass is 10.1. The van der Waals surface area contributed by atoms with Gasteiger partial charge in [-0.25, -0.2) is 13.1 Å². The summed E-state index contributed by atoms with van der Waals surface area (Å²) in [6, 6.07) is 7.06. The first-order valence-corrected chi connectivity index (χ1v) is 8.98. The fraction of sp³-hybridized carbons (Fsp3) is 0.333. The van der Waals surface area contributed by atoms with Crippen molar-refractivity contribution in [1.29, 1.82) is 0 Å². The summed E-state index contributed by atoms with van der Waals surface area (Å²) < 4.78 is 32.6. The third-order valence-corrected chi connectivity index (χ3v) is 5.57. The molecule has 1 aromatic heterocycles. The van der Waals surface area contributed by atoms with E-state index in [1.165, 1.54) is 0 Å². The maximum absolute atomic E-state index is 12.3. The maximum Gasteiger partial charge on any atom is 0.240 e. The molecule has 0 fully saturated rings. The molecule has 0 spiro atoms. The van der Waals surface area contributed by atoms with E-state index < -0.39 is 10.0 Å². The molecule has 1 atom stereocenters. The summed E-state index contributed by atoms with van der Waals surface area (Å²) in [6.45, 7) is 4.07. The summed E-state index contributed by atoms with van der Waals surface area (Å²) in [5.74, 6) is 0. The highest BCUT2D eigenvalue weighted by Gasteiger charge is 2.18. The van der Waals surface area contributed by atoms with Crippen molar-refractivity contribution in [2.75, 3.05) is 13.7 Å². The zero-order valence-electron chi connectivity index (χ0n) is 12.3. The highest BCUT2D eigenvalue weighted by Crippen LogP contribution is 2.20. The number of nitrogens with one attached hydrogen (secondary N) is 1. The third kappa shape index (κ3) is 3.91. The largest absolute Gasteiger partial charge is 0.375 e. The Hall–Kier alpha value is -1.21. The molecule has 21 heavy (non-hydrogen) atoms. The van der Waals surface area contributed by atoms with Crippen molar-refractivity contribution in [3.8, 4) is 0 Å². The van der Waals surface area contributed by atoms with Crippen LogP contribution in [0.4, 0.5) is 0 Å². The van der Waals surface area contributed by atoms with Gasteiger partial charge in [-0.1, -0.05) is 6.07 Å². The van der Waals surface area contributed by atoms with Crippen molar-refractivity contribution in [2.45, 2.75) is 24.8 Å². The molecular formula is C15H19NO3S2. The normalized spacial score (nSPS) is 13.3. The zero-order valence-corrected chi connectivity index (χ0v) is 13.9. The van der Waals surface area contributed by atoms with E-state index in [1.54, 1.807) is 30.6 Å². The predicted molar refractivity (Wildman–Crippen MR) is 85.2 cm³/mol. The molecule has 0 aliphatic heterocycles. The molecule has 1 heterocycles. The first-order valence-electron chi connectivity index (χ1n) is 6.56. The Labute approximate surface area is 129 Å². The summed E-state index contributed by atoms with van der Waals surface area (Å²) in [7, 11) is -1.95. The van der Waals surface area contributed by atoms with Crippen molar-refractivity contribution < 1.29 is 13.2 Å². The molecule has 6 heteroatoms. The van der Waals surface area contributed by atoms with E-state index in [0.717, 1.165) is 16.7 Å². The van der Waals surface area contributed by atoms with Gasteiger partial charge in [-0.15, -0.1) is 0 Å². The summed E-state index contributed by atoms with van der Waals surface area (Å²) in [5, 5.41) is 3.90. The number of sulfonamides is 1. The summed E-state index contributed by atoms with van der Waals surface area (Å²) in [4.78, 5) is 0.283. The molecule has 114 valence electrons. The van der Waals surface area contributed by atoms with Gasteiger partial charge in [-0.3, -0.25) is 0 Å². The minimum atomic E-state index is -3.52. The van der Waals surface area contributed by atoms with Gasteiger partial charge in [0.2, 0.25) is 10.0 Å². The van der Waals surface area contributed by atoms with Gasteiger partial charge in [0.05, 0.1) is 11.0 Å². The monoisotopic (exact) mass is 325 g/mol. The Bertz CT molecular complexity index is 694. The van der Waals surface area contributed by atoms with Crippen LogP contribution in [0.2, 0.25) is 0 Å². The van der Waals surface area contributed by atoms with Gasteiger partial charge >= 0.3 is 0 Å². The topological polar surface area (TPSA) is 55.4 Å². The average Bonchev–Trinajstić information content (AvgIpc) is 2.96. The molecule has 0 aliphatic rings. The Morgan fingerprint density at radius 2 is 2.00 bits per heavy atom. The van der Waals surface area contributed by atoms with Crippen LogP contribution < -0.4 is 4.72 Å². The van der Waals surface area contributed by atoms with Crippen LogP contribution in [0.25, 0.3) is 0 Å². The fourth-order valence-electron chi connectivity index (χ4n) is 1.95. The van der Waals surface area contributed by atoms with Crippen LogP contribution >= 0.6 is 11.3 Å². The molecule has 0 bridgehead atoms. The second-order valence-corrected chi connectivity index (χ2v) is 7.43. The number of hydrogen-bond donors (Lipinski definition) is 1. The van der Waals surface area contributed by atoms with Crippen LogP contribution in [-0.2, 0) is 14.8 Å². The van der Waals surface area contributed by atoms with Crippen LogP contribution in [-0.4, -0.2) is 22.1 Å². The molecule has 2 aromatic rings. The summed E-state index contributed by atoms with van der Waals surface area (Å²) in [5.41, 5.74) is 3.01. The smallest absolute Gasteiger partial charge is 0.240 e. The van der Waals surface area contributed by atoms with Crippen LogP contribution in [0.1, 0.15) is 22.8 Å². The van der Waals surface area contributed by atoms with Gasteiger partial charge < -0.3 is 4.74 Å². The maximum atomic E-state index is 12.3. The molecule has 1 N–H and O–H groups in total. The van der Waals surface area contributed by atoms with E-state index in [2.05, 4.69) is 4.72 Å². The number of thiophene rings is 1. The number of rotatable bonds is 6. The first-order chi connectivity index (χ1) is 9.94. The third-order valence-electron chi connectivity index (χ3n) is 3.45. The zero-order chi connectivity index (χ0) is 15.5. The van der Waals surface area contributed by atoms with Crippen molar-refractivity contribution in [2.24, 2.45) is 0 Å². The molecule has 0 radical (unpaired) electrons. The van der Waals surface area contributed by atoms with Crippen molar-refractivity contribution in [1.82, 2.24) is 4.72 Å². The quantitative estimate of drug-likeness (QED) is 0.888. The van der Waals surface area contributed by atoms with Gasteiger partial charge in [-0.05, 0) is 59.5 Å². The Morgan fingerprint density at radius 3 is 2.57 bits per heavy atom. The second kappa shape index (κ2) is 6.70. The number of aryl methyl sites for hydroxylation is 2. The van der Waals surface area contributed by atoms with Gasteiger partial charge in [0.15, 0.2) is 0 Å². The van der Waals surface area contributed by atoms with Crippen molar-refractivity contribution in [3.63, 3.8) is 0 Å². The standard InChI is InChI=1S/C15H19NO3S2/c1-11-4-5-14(8-12(11)2)21(17,18)16-9-15(19-3)13-6-7-20-10-13/h4-8,10,15-16H,9H2,1-3H3. The second-order valence-electron chi connectivity index (χ2n) is 4.88. The van der Waals surface area contributed by atoms with Gasteiger partial charge in [0.1, 0.15) is 0 Å². The highest BCUT2D eigenvalue weighted by atomic mass is 32.2. The minimum Gasteiger partial charge on any atom is -0.375 e. The van der Waals surface area contributed by atoms with Gasteiger partial charge in [0.25, 0.3) is 0 Å². The molecule has 2 rings (SSSR count). The lowest BCUT2D eigenvalue weighted by Crippen LogP contribution is -2.29. The van der Waals surface area contributed by atoms with Crippen LogP contribution in [0, 0.1) is 13.8 Å². The van der Waals surface area contributed by atoms with Crippen molar-refractivity contribution in [3.05, 3.63) is 51.7 Å². The minimum absolute atomic E-state index is 0.211. The van der Waals surface area contributed by atoms with Crippen LogP contribution in [0.5, 0.6) is 0 Å². The van der Waals surface area contributed by atoms with E-state index in [-0.39, 0.29) is 17.5 Å². The molecule has 1 unspecified atom stereocenters. The molecule has 0 saturated carbocycles. The van der Waals surface area contributed by atoms with Gasteiger partial charge in [0, 0.05) is 13.7 Å². The van der Waals surface area contributed by atoms with E-state index >= 15 is 0 Å².